The number of hydrogen-bond donors (Lipinski definition) is 7. The van der Waals surface area contributed by atoms with Gasteiger partial charge in [-0.25, -0.2) is 0 Å². The number of ether oxygens (including phenoxy) is 1. The summed E-state index contributed by atoms with van der Waals surface area (Å²) in [6.07, 6.45) is -5.84. The molecule has 12 nitrogen and oxygen atoms in total. The number of rotatable bonds is 7. The molecule has 0 amide bonds. The molecular formula is C23H30O12. The molecule has 1 spiro atoms. The predicted octanol–water partition coefficient (Wildman–Crippen LogP) is -0.717. The van der Waals surface area contributed by atoms with E-state index >= 15 is 0 Å². The van der Waals surface area contributed by atoms with Crippen LogP contribution in [0.1, 0.15) is 43.8 Å². The van der Waals surface area contributed by atoms with Gasteiger partial charge in [0.15, 0.2) is 6.29 Å². The zero-order chi connectivity index (χ0) is 25.8. The number of fused-ring (bicyclic) bond motifs is 2. The third-order valence-electron chi connectivity index (χ3n) is 9.21. The molecule has 0 radical (unpaired) electrons. The van der Waals surface area contributed by atoms with E-state index in [-0.39, 0.29) is 25.5 Å². The summed E-state index contributed by atoms with van der Waals surface area (Å²) in [5, 5.41) is 75.4. The summed E-state index contributed by atoms with van der Waals surface area (Å²) in [6, 6.07) is 1.57. The van der Waals surface area contributed by atoms with Crippen LogP contribution in [0.3, 0.4) is 0 Å². The third kappa shape index (κ3) is 2.92. The van der Waals surface area contributed by atoms with Crippen molar-refractivity contribution >= 4 is 18.2 Å². The van der Waals surface area contributed by atoms with Crippen LogP contribution in [0.5, 0.6) is 0 Å². The van der Waals surface area contributed by atoms with E-state index in [1.165, 1.54) is 12.5 Å². The Labute approximate surface area is 199 Å². The van der Waals surface area contributed by atoms with Gasteiger partial charge in [-0.3, -0.25) is 9.59 Å². The van der Waals surface area contributed by atoms with Crippen LogP contribution in [0.15, 0.2) is 23.0 Å². The Morgan fingerprint density at radius 2 is 1.86 bits per heavy atom. The highest BCUT2D eigenvalue weighted by Crippen LogP contribution is 2.77. The van der Waals surface area contributed by atoms with Crippen LogP contribution >= 0.6 is 0 Å². The standard InChI is InChI=1S/C23H30O12/c24-8-13-5-16(28)23(18(31)32)20(10-25,7-17(29)30)15(27)1-3-21(23,11-26)22(13)6-14(35-19(22)33)12-2-4-34-9-12/h2,4,9-10,13-16,19,24,26-28,33H,1,3,5-8,11H2,(H,29,30)(H,31,32)/t13-,14-,15+,16+,19+,20+,21-,22-,23-/m0/s1. The molecule has 0 aromatic carbocycles. The van der Waals surface area contributed by atoms with Gasteiger partial charge < -0.3 is 49.7 Å². The average Bonchev–Trinajstić information content (AvgIpc) is 3.46. The van der Waals surface area contributed by atoms with Gasteiger partial charge in [-0.2, -0.15) is 0 Å². The molecule has 0 unspecified atom stereocenters. The molecule has 7 N–H and O–H groups in total. The molecule has 1 saturated heterocycles. The van der Waals surface area contributed by atoms with Crippen molar-refractivity contribution in [2.75, 3.05) is 13.2 Å². The molecule has 2 saturated carbocycles. The highest BCUT2D eigenvalue weighted by atomic mass is 16.6. The highest BCUT2D eigenvalue weighted by molar-refractivity contribution is 5.88. The summed E-state index contributed by atoms with van der Waals surface area (Å²) >= 11 is 0. The summed E-state index contributed by atoms with van der Waals surface area (Å²) in [6.45, 7) is -1.62. The van der Waals surface area contributed by atoms with Crippen molar-refractivity contribution in [1.82, 2.24) is 0 Å². The monoisotopic (exact) mass is 498 g/mol. The molecule has 1 aromatic heterocycles. The molecule has 2 aliphatic carbocycles. The van der Waals surface area contributed by atoms with Crippen LogP contribution in [0.25, 0.3) is 0 Å². The summed E-state index contributed by atoms with van der Waals surface area (Å²) in [4.78, 5) is 37.7. The fourth-order valence-corrected chi connectivity index (χ4v) is 7.87. The van der Waals surface area contributed by atoms with Gasteiger partial charge in [-0.1, -0.05) is 0 Å². The molecule has 12 heteroatoms. The zero-order valence-electron chi connectivity index (χ0n) is 18.8. The molecule has 4 rings (SSSR count). The lowest BCUT2D eigenvalue weighted by Crippen LogP contribution is -2.80. The first-order valence-electron chi connectivity index (χ1n) is 11.4. The number of carbonyl (C=O) groups excluding carboxylic acids is 1. The molecular weight excluding hydrogens is 468 g/mol. The first-order valence-corrected chi connectivity index (χ1v) is 11.4. The van der Waals surface area contributed by atoms with Crippen molar-refractivity contribution in [2.24, 2.45) is 27.6 Å². The minimum atomic E-state index is -2.73. The van der Waals surface area contributed by atoms with E-state index in [9.17, 15) is 50.1 Å². The number of carboxylic acids is 2. The Balaban J connectivity index is 2.06. The van der Waals surface area contributed by atoms with E-state index in [2.05, 4.69) is 0 Å². The lowest BCUT2D eigenvalue weighted by molar-refractivity contribution is -0.330. The number of hydrogen-bond acceptors (Lipinski definition) is 10. The van der Waals surface area contributed by atoms with Gasteiger partial charge in [-0.15, -0.1) is 0 Å². The van der Waals surface area contributed by atoms with Gasteiger partial charge in [0.25, 0.3) is 0 Å². The fraction of sp³-hybridized carbons (Fsp3) is 0.696. The van der Waals surface area contributed by atoms with E-state index < -0.39 is 90.2 Å². The predicted molar refractivity (Wildman–Crippen MR) is 112 cm³/mol. The lowest BCUT2D eigenvalue weighted by atomic mass is 9.31. The average molecular weight is 498 g/mol. The summed E-state index contributed by atoms with van der Waals surface area (Å²) < 4.78 is 10.9. The highest BCUT2D eigenvalue weighted by Gasteiger charge is 2.84. The molecule has 9 atom stereocenters. The van der Waals surface area contributed by atoms with E-state index in [0.29, 0.717) is 5.56 Å². The van der Waals surface area contributed by atoms with Crippen molar-refractivity contribution in [1.29, 1.82) is 0 Å². The summed E-state index contributed by atoms with van der Waals surface area (Å²) in [5.74, 6) is -4.37. The van der Waals surface area contributed by atoms with Crippen molar-refractivity contribution < 1.29 is 59.3 Å². The fourth-order valence-electron chi connectivity index (χ4n) is 7.87. The largest absolute Gasteiger partial charge is 0.481 e. The van der Waals surface area contributed by atoms with Crippen LogP contribution < -0.4 is 0 Å². The van der Waals surface area contributed by atoms with Crippen LogP contribution in [0.4, 0.5) is 0 Å². The van der Waals surface area contributed by atoms with Gasteiger partial charge in [0, 0.05) is 23.0 Å². The maximum Gasteiger partial charge on any atom is 0.314 e. The molecule has 1 aliphatic heterocycles. The number of aliphatic hydroxyl groups is 5. The van der Waals surface area contributed by atoms with Gasteiger partial charge in [-0.05, 0) is 37.7 Å². The maximum atomic E-state index is 13.2. The molecule has 1 aromatic rings. The quantitative estimate of drug-likeness (QED) is 0.232. The second-order valence-electron chi connectivity index (χ2n) is 10.0. The zero-order valence-corrected chi connectivity index (χ0v) is 18.8. The third-order valence-corrected chi connectivity index (χ3v) is 9.21. The second kappa shape index (κ2) is 8.64. The second-order valence-corrected chi connectivity index (χ2v) is 10.0. The molecule has 3 fully saturated rings. The Kier molecular flexibility index (Phi) is 6.36. The molecule has 194 valence electrons. The maximum absolute atomic E-state index is 13.2. The molecule has 35 heavy (non-hydrogen) atoms. The Morgan fingerprint density at radius 1 is 1.14 bits per heavy atom. The number of aliphatic carboxylic acids is 2. The molecule has 2 heterocycles. The number of carboxylic acid groups (broad SMARTS) is 2. The van der Waals surface area contributed by atoms with E-state index in [0.717, 1.165) is 0 Å². The van der Waals surface area contributed by atoms with Crippen LogP contribution in [-0.4, -0.2) is 85.7 Å². The van der Waals surface area contributed by atoms with E-state index in [1.807, 2.05) is 0 Å². The number of aliphatic hydroxyl groups excluding tert-OH is 5. The van der Waals surface area contributed by atoms with Crippen LogP contribution in [0.2, 0.25) is 0 Å². The topological polar surface area (TPSA) is 215 Å². The Bertz CT molecular complexity index is 979. The Morgan fingerprint density at radius 3 is 2.37 bits per heavy atom. The minimum Gasteiger partial charge on any atom is -0.481 e. The van der Waals surface area contributed by atoms with Crippen molar-refractivity contribution in [2.45, 2.75) is 56.7 Å². The smallest absolute Gasteiger partial charge is 0.314 e. The molecule has 3 aliphatic rings. The normalized spacial score (nSPS) is 45.2. The van der Waals surface area contributed by atoms with Crippen LogP contribution in [0, 0.1) is 27.6 Å². The lowest BCUT2D eigenvalue weighted by Gasteiger charge is -2.71. The van der Waals surface area contributed by atoms with E-state index in [1.54, 1.807) is 6.07 Å². The van der Waals surface area contributed by atoms with Gasteiger partial charge in [0.05, 0.1) is 49.3 Å². The summed E-state index contributed by atoms with van der Waals surface area (Å²) in [5.41, 5.74) is -8.58. The van der Waals surface area contributed by atoms with Gasteiger partial charge in [0.2, 0.25) is 0 Å². The number of furan rings is 1. The van der Waals surface area contributed by atoms with Crippen LogP contribution in [-0.2, 0) is 19.1 Å². The number of aldehydes is 1. The Hall–Kier alpha value is -2.35. The van der Waals surface area contributed by atoms with Gasteiger partial charge >= 0.3 is 11.9 Å². The SMILES string of the molecule is O=C[C@]1(CC(=O)O)[C@H](O)CC[C@]2(CO)[C@@]3(C[C@@H](c4ccoc4)O[C@H]3O)[C@H](CO)C[C@@H](O)[C@@]21C(=O)O. The minimum absolute atomic E-state index is 0.0510. The van der Waals surface area contributed by atoms with E-state index in [4.69, 9.17) is 9.15 Å². The summed E-state index contributed by atoms with van der Waals surface area (Å²) in [7, 11) is 0. The van der Waals surface area contributed by atoms with Crippen molar-refractivity contribution in [3.63, 3.8) is 0 Å². The first-order chi connectivity index (χ1) is 16.5. The van der Waals surface area contributed by atoms with Gasteiger partial charge in [0.1, 0.15) is 11.7 Å². The van der Waals surface area contributed by atoms with Crippen molar-refractivity contribution in [3.8, 4) is 0 Å². The van der Waals surface area contributed by atoms with Crippen molar-refractivity contribution in [3.05, 3.63) is 24.2 Å². The molecule has 0 bridgehead atoms. The first kappa shape index (κ1) is 25.7. The number of carbonyl (C=O) groups is 3.